The molecule has 1 heterocycles. The van der Waals surface area contributed by atoms with Crippen LogP contribution in [0.15, 0.2) is 12.1 Å². The predicted molar refractivity (Wildman–Crippen MR) is 75.0 cm³/mol. The number of nitrogens with zero attached hydrogens (tertiary/aromatic N) is 1. The highest BCUT2D eigenvalue weighted by Gasteiger charge is 2.33. The fourth-order valence-corrected chi connectivity index (χ4v) is 3.06. The molecule has 0 bridgehead atoms. The van der Waals surface area contributed by atoms with Gasteiger partial charge in [-0.15, -0.1) is 0 Å². The summed E-state index contributed by atoms with van der Waals surface area (Å²) in [5, 5.41) is 0.799. The summed E-state index contributed by atoms with van der Waals surface area (Å²) in [6.07, 6.45) is 0. The number of fused-ring (bicyclic) bond motifs is 1. The summed E-state index contributed by atoms with van der Waals surface area (Å²) in [5.41, 5.74) is 8.28. The van der Waals surface area contributed by atoms with E-state index in [1.165, 1.54) is 5.56 Å². The Morgan fingerprint density at radius 2 is 2.22 bits per heavy atom. The van der Waals surface area contributed by atoms with Crippen molar-refractivity contribution in [2.75, 3.05) is 20.2 Å². The summed E-state index contributed by atoms with van der Waals surface area (Å²) in [7, 11) is 1.70. The van der Waals surface area contributed by atoms with E-state index in [1.807, 2.05) is 12.1 Å². The standard InChI is InChI=1S/C14H21ClN2O/c1-9(2)7-17-8-10-13(18-3)5-4-11(15)14(10)12(17)6-16/h4-5,9,12H,6-8,16H2,1-3H3. The van der Waals surface area contributed by atoms with Gasteiger partial charge in [0.25, 0.3) is 0 Å². The van der Waals surface area contributed by atoms with E-state index in [9.17, 15) is 0 Å². The van der Waals surface area contributed by atoms with Crippen LogP contribution in [-0.4, -0.2) is 25.1 Å². The molecule has 0 saturated carbocycles. The first-order chi connectivity index (χ1) is 8.58. The van der Waals surface area contributed by atoms with Crippen LogP contribution < -0.4 is 10.5 Å². The average Bonchev–Trinajstić information content (AvgIpc) is 2.67. The second-order valence-electron chi connectivity index (χ2n) is 5.22. The first-order valence-corrected chi connectivity index (χ1v) is 6.75. The van der Waals surface area contributed by atoms with Crippen LogP contribution in [0.5, 0.6) is 5.75 Å². The molecule has 0 saturated heterocycles. The number of hydrogen-bond acceptors (Lipinski definition) is 3. The molecule has 1 aromatic rings. The summed E-state index contributed by atoms with van der Waals surface area (Å²) >= 11 is 6.34. The highest BCUT2D eigenvalue weighted by molar-refractivity contribution is 6.31. The number of nitrogens with two attached hydrogens (primary N) is 1. The maximum atomic E-state index is 6.34. The smallest absolute Gasteiger partial charge is 0.123 e. The summed E-state index contributed by atoms with van der Waals surface area (Å²) in [6.45, 7) is 6.92. The van der Waals surface area contributed by atoms with Gasteiger partial charge in [-0.2, -0.15) is 0 Å². The zero-order chi connectivity index (χ0) is 13.3. The Balaban J connectivity index is 2.40. The third kappa shape index (κ3) is 2.35. The van der Waals surface area contributed by atoms with Gasteiger partial charge in [0.05, 0.1) is 7.11 Å². The lowest BCUT2D eigenvalue weighted by molar-refractivity contribution is 0.195. The number of hydrogen-bond donors (Lipinski definition) is 1. The van der Waals surface area contributed by atoms with Crippen LogP contribution in [-0.2, 0) is 6.54 Å². The van der Waals surface area contributed by atoms with E-state index in [-0.39, 0.29) is 6.04 Å². The molecule has 2 N–H and O–H groups in total. The molecule has 4 heteroatoms. The van der Waals surface area contributed by atoms with E-state index >= 15 is 0 Å². The minimum absolute atomic E-state index is 0.213. The van der Waals surface area contributed by atoms with Crippen LogP contribution >= 0.6 is 11.6 Å². The Bertz CT molecular complexity index is 434. The lowest BCUT2D eigenvalue weighted by Crippen LogP contribution is -2.31. The Hall–Kier alpha value is -0.770. The van der Waals surface area contributed by atoms with Gasteiger partial charge >= 0.3 is 0 Å². The lowest BCUT2D eigenvalue weighted by atomic mass is 10.0. The van der Waals surface area contributed by atoms with Crippen LogP contribution in [0.1, 0.15) is 31.0 Å². The van der Waals surface area contributed by atoms with Gasteiger partial charge in [-0.1, -0.05) is 25.4 Å². The molecule has 1 aliphatic rings. The van der Waals surface area contributed by atoms with Gasteiger partial charge in [-0.05, 0) is 23.6 Å². The third-order valence-corrected chi connectivity index (χ3v) is 3.77. The van der Waals surface area contributed by atoms with Gasteiger partial charge in [0.1, 0.15) is 5.75 Å². The molecule has 1 aromatic carbocycles. The van der Waals surface area contributed by atoms with Crippen LogP contribution in [0.25, 0.3) is 0 Å². The van der Waals surface area contributed by atoms with Crippen LogP contribution in [0.4, 0.5) is 0 Å². The fourth-order valence-electron chi connectivity index (χ4n) is 2.75. The normalized spacial score (nSPS) is 19.3. The minimum atomic E-state index is 0.213. The third-order valence-electron chi connectivity index (χ3n) is 3.44. The van der Waals surface area contributed by atoms with Crippen molar-refractivity contribution >= 4 is 11.6 Å². The van der Waals surface area contributed by atoms with Crippen molar-refractivity contribution in [1.82, 2.24) is 4.90 Å². The Morgan fingerprint density at radius 3 is 2.78 bits per heavy atom. The van der Waals surface area contributed by atoms with Crippen molar-refractivity contribution in [3.63, 3.8) is 0 Å². The van der Waals surface area contributed by atoms with Gasteiger partial charge in [0, 0.05) is 36.3 Å². The quantitative estimate of drug-likeness (QED) is 0.913. The molecule has 18 heavy (non-hydrogen) atoms. The summed E-state index contributed by atoms with van der Waals surface area (Å²) < 4.78 is 5.43. The maximum Gasteiger partial charge on any atom is 0.123 e. The second kappa shape index (κ2) is 5.47. The molecule has 2 rings (SSSR count). The fraction of sp³-hybridized carbons (Fsp3) is 0.571. The topological polar surface area (TPSA) is 38.5 Å². The summed E-state index contributed by atoms with van der Waals surface area (Å²) in [5.74, 6) is 1.53. The molecule has 0 fully saturated rings. The van der Waals surface area contributed by atoms with Gasteiger partial charge < -0.3 is 10.5 Å². The van der Waals surface area contributed by atoms with E-state index in [0.29, 0.717) is 12.5 Å². The van der Waals surface area contributed by atoms with Crippen molar-refractivity contribution in [1.29, 1.82) is 0 Å². The van der Waals surface area contributed by atoms with E-state index in [1.54, 1.807) is 7.11 Å². The van der Waals surface area contributed by atoms with Gasteiger partial charge in [-0.3, -0.25) is 4.90 Å². The van der Waals surface area contributed by atoms with Crippen molar-refractivity contribution in [2.24, 2.45) is 11.7 Å². The SMILES string of the molecule is COc1ccc(Cl)c2c1CN(CC(C)C)C2CN. The predicted octanol–water partition coefficient (Wildman–Crippen LogP) is 2.82. The zero-order valence-corrected chi connectivity index (χ0v) is 12.0. The first-order valence-electron chi connectivity index (χ1n) is 6.37. The Kier molecular flexibility index (Phi) is 4.15. The number of rotatable bonds is 4. The lowest BCUT2D eigenvalue weighted by Gasteiger charge is -2.25. The average molecular weight is 269 g/mol. The number of halogens is 1. The number of methoxy groups -OCH3 is 1. The van der Waals surface area contributed by atoms with Crippen molar-refractivity contribution in [3.8, 4) is 5.75 Å². The summed E-state index contributed by atoms with van der Waals surface area (Å²) in [6, 6.07) is 4.05. The molecule has 100 valence electrons. The van der Waals surface area contributed by atoms with Crippen LogP contribution in [0, 0.1) is 5.92 Å². The Labute approximate surface area is 114 Å². The molecule has 0 aromatic heterocycles. The second-order valence-corrected chi connectivity index (χ2v) is 5.62. The van der Waals surface area contributed by atoms with E-state index < -0.39 is 0 Å². The minimum Gasteiger partial charge on any atom is -0.496 e. The molecule has 0 aliphatic carbocycles. The van der Waals surface area contributed by atoms with Crippen molar-refractivity contribution < 1.29 is 4.74 Å². The number of ether oxygens (including phenoxy) is 1. The molecular formula is C14H21ClN2O. The Morgan fingerprint density at radius 1 is 1.50 bits per heavy atom. The van der Waals surface area contributed by atoms with Gasteiger partial charge in [0.2, 0.25) is 0 Å². The summed E-state index contributed by atoms with van der Waals surface area (Å²) in [4.78, 5) is 2.39. The monoisotopic (exact) mass is 268 g/mol. The van der Waals surface area contributed by atoms with Gasteiger partial charge in [0.15, 0.2) is 0 Å². The maximum absolute atomic E-state index is 6.34. The van der Waals surface area contributed by atoms with E-state index in [0.717, 1.165) is 29.4 Å². The number of benzene rings is 1. The van der Waals surface area contributed by atoms with E-state index in [4.69, 9.17) is 22.1 Å². The largest absolute Gasteiger partial charge is 0.496 e. The van der Waals surface area contributed by atoms with Crippen LogP contribution in [0.3, 0.4) is 0 Å². The molecule has 0 amide bonds. The van der Waals surface area contributed by atoms with Crippen LogP contribution in [0.2, 0.25) is 5.02 Å². The molecule has 1 unspecified atom stereocenters. The van der Waals surface area contributed by atoms with Crippen molar-refractivity contribution in [3.05, 3.63) is 28.3 Å². The molecule has 3 nitrogen and oxygen atoms in total. The molecular weight excluding hydrogens is 248 g/mol. The molecule has 0 spiro atoms. The highest BCUT2D eigenvalue weighted by atomic mass is 35.5. The zero-order valence-electron chi connectivity index (χ0n) is 11.2. The highest BCUT2D eigenvalue weighted by Crippen LogP contribution is 2.42. The first kappa shape index (κ1) is 13.7. The van der Waals surface area contributed by atoms with Crippen molar-refractivity contribution in [2.45, 2.75) is 26.4 Å². The molecule has 1 atom stereocenters. The molecule has 1 aliphatic heterocycles. The molecule has 0 radical (unpaired) electrons. The van der Waals surface area contributed by atoms with E-state index in [2.05, 4.69) is 18.7 Å². The van der Waals surface area contributed by atoms with Gasteiger partial charge in [-0.25, -0.2) is 0 Å².